The summed E-state index contributed by atoms with van der Waals surface area (Å²) in [4.78, 5) is 33.1. The summed E-state index contributed by atoms with van der Waals surface area (Å²) in [6.45, 7) is 1.72. The van der Waals surface area contributed by atoms with Crippen LogP contribution in [0.5, 0.6) is 0 Å². The van der Waals surface area contributed by atoms with Gasteiger partial charge in [-0.3, -0.25) is 0 Å². The van der Waals surface area contributed by atoms with Crippen molar-refractivity contribution in [1.29, 1.82) is 0 Å². The molecule has 0 atom stereocenters. The number of rotatable bonds is 30. The smallest absolute Gasteiger partial charge is 0.480 e. The summed E-state index contributed by atoms with van der Waals surface area (Å²) in [6.07, 6.45) is 21.8. The summed E-state index contributed by atoms with van der Waals surface area (Å²) in [6, 6.07) is 0.140. The van der Waals surface area contributed by atoms with E-state index in [1.165, 1.54) is 96.3 Å². The number of hydrogen-bond donors (Lipinski definition) is 3. The van der Waals surface area contributed by atoms with Gasteiger partial charge in [0.25, 0.3) is 0 Å². The molecular weight excluding hydrogens is 534 g/mol. The standard InChI is InChI=1S/C29H57NO9Si/c1-4-5-6-7-8-9-10-11-12-13-14-15-16-17-18-19-21-30(2,3)22-20-23-40(37-24-27(31)32,38-25-28(33)34)39-26-29(35)36/h4-26H2,1-3H3,(H2-,31,32,33,34,35,36)/p+1. The number of carboxylic acid groups (broad SMARTS) is 3. The lowest BCUT2D eigenvalue weighted by Gasteiger charge is -2.32. The molecule has 0 saturated heterocycles. The summed E-state index contributed by atoms with van der Waals surface area (Å²) in [5.74, 6) is -3.81. The first kappa shape index (κ1) is 38.5. The molecule has 10 nitrogen and oxygen atoms in total. The van der Waals surface area contributed by atoms with Crippen molar-refractivity contribution in [2.45, 2.75) is 122 Å². The van der Waals surface area contributed by atoms with Gasteiger partial charge in [-0.05, 0) is 12.8 Å². The van der Waals surface area contributed by atoms with Crippen LogP contribution in [0.25, 0.3) is 0 Å². The molecule has 0 aromatic carbocycles. The summed E-state index contributed by atoms with van der Waals surface area (Å²) >= 11 is 0. The molecule has 40 heavy (non-hydrogen) atoms. The highest BCUT2D eigenvalue weighted by atomic mass is 28.4. The van der Waals surface area contributed by atoms with E-state index in [1.54, 1.807) is 0 Å². The molecule has 0 aliphatic carbocycles. The monoisotopic (exact) mass is 592 g/mol. The van der Waals surface area contributed by atoms with Crippen molar-refractivity contribution in [3.63, 3.8) is 0 Å². The van der Waals surface area contributed by atoms with Crippen LogP contribution in [-0.4, -0.2) is 93.5 Å². The highest BCUT2D eigenvalue weighted by molar-refractivity contribution is 6.61. The van der Waals surface area contributed by atoms with E-state index >= 15 is 0 Å². The normalized spacial score (nSPS) is 12.1. The fraction of sp³-hybridized carbons (Fsp3) is 0.897. The first-order valence-electron chi connectivity index (χ1n) is 15.4. The van der Waals surface area contributed by atoms with Crippen LogP contribution in [0.3, 0.4) is 0 Å². The minimum atomic E-state index is -3.81. The second-order valence-electron chi connectivity index (χ2n) is 11.5. The molecule has 0 spiro atoms. The minimum absolute atomic E-state index is 0.140. The lowest BCUT2D eigenvalue weighted by atomic mass is 10.0. The van der Waals surface area contributed by atoms with Crippen LogP contribution in [0.15, 0.2) is 0 Å². The Kier molecular flexibility index (Phi) is 23.2. The molecule has 0 aromatic heterocycles. The van der Waals surface area contributed by atoms with Gasteiger partial charge in [-0.15, -0.1) is 0 Å². The molecule has 0 rings (SSSR count). The van der Waals surface area contributed by atoms with E-state index in [1.807, 2.05) is 0 Å². The number of aliphatic carboxylic acids is 3. The van der Waals surface area contributed by atoms with Gasteiger partial charge >= 0.3 is 26.7 Å². The van der Waals surface area contributed by atoms with Crippen molar-refractivity contribution in [1.82, 2.24) is 0 Å². The minimum Gasteiger partial charge on any atom is -0.480 e. The maximum absolute atomic E-state index is 11.0. The molecule has 0 radical (unpaired) electrons. The van der Waals surface area contributed by atoms with Crippen LogP contribution >= 0.6 is 0 Å². The predicted molar refractivity (Wildman–Crippen MR) is 157 cm³/mol. The van der Waals surface area contributed by atoms with Crippen LogP contribution in [0.1, 0.15) is 116 Å². The largest absolute Gasteiger partial charge is 0.502 e. The van der Waals surface area contributed by atoms with E-state index in [9.17, 15) is 14.4 Å². The fourth-order valence-electron chi connectivity index (χ4n) is 4.78. The third-order valence-corrected chi connectivity index (χ3v) is 9.83. The molecule has 0 fully saturated rings. The number of carbonyl (C=O) groups is 3. The summed E-state index contributed by atoms with van der Waals surface area (Å²) in [5.41, 5.74) is 0. The van der Waals surface area contributed by atoms with Gasteiger partial charge in [-0.2, -0.15) is 0 Å². The first-order chi connectivity index (χ1) is 19.0. The molecule has 0 aromatic rings. The summed E-state index contributed by atoms with van der Waals surface area (Å²) in [7, 11) is 0.415. The van der Waals surface area contributed by atoms with Gasteiger partial charge in [0.2, 0.25) is 0 Å². The maximum Gasteiger partial charge on any atom is 0.502 e. The van der Waals surface area contributed by atoms with E-state index < -0.39 is 46.5 Å². The Morgan fingerprint density at radius 2 is 0.825 bits per heavy atom. The quantitative estimate of drug-likeness (QED) is 0.0524. The highest BCUT2D eigenvalue weighted by Crippen LogP contribution is 2.20. The van der Waals surface area contributed by atoms with Gasteiger partial charge in [-0.25, -0.2) is 14.4 Å². The molecule has 0 bridgehead atoms. The van der Waals surface area contributed by atoms with Crippen LogP contribution in [-0.2, 0) is 27.7 Å². The Labute approximate surface area is 243 Å². The van der Waals surface area contributed by atoms with Crippen molar-refractivity contribution < 1.29 is 47.5 Å². The van der Waals surface area contributed by atoms with Crippen molar-refractivity contribution in [3.8, 4) is 0 Å². The third kappa shape index (κ3) is 24.3. The van der Waals surface area contributed by atoms with Gasteiger partial charge in [0.1, 0.15) is 19.8 Å². The molecule has 11 heteroatoms. The van der Waals surface area contributed by atoms with Crippen LogP contribution < -0.4 is 0 Å². The molecule has 3 N–H and O–H groups in total. The van der Waals surface area contributed by atoms with Crippen molar-refractivity contribution in [3.05, 3.63) is 0 Å². The average Bonchev–Trinajstić information content (AvgIpc) is 2.88. The second-order valence-corrected chi connectivity index (χ2v) is 14.3. The van der Waals surface area contributed by atoms with Gasteiger partial charge in [-0.1, -0.05) is 96.8 Å². The zero-order valence-electron chi connectivity index (χ0n) is 25.5. The van der Waals surface area contributed by atoms with E-state index in [4.69, 9.17) is 28.6 Å². The van der Waals surface area contributed by atoms with E-state index in [-0.39, 0.29) is 6.04 Å². The molecule has 236 valence electrons. The Morgan fingerprint density at radius 3 is 1.15 bits per heavy atom. The van der Waals surface area contributed by atoms with Crippen LogP contribution in [0.4, 0.5) is 0 Å². The van der Waals surface area contributed by atoms with E-state index in [0.717, 1.165) is 24.0 Å². The lowest BCUT2D eigenvalue weighted by Crippen LogP contribution is -2.50. The zero-order chi connectivity index (χ0) is 30.1. The Bertz CT molecular complexity index is 630. The highest BCUT2D eigenvalue weighted by Gasteiger charge is 2.43. The second kappa shape index (κ2) is 24.1. The Balaban J connectivity index is 4.16. The summed E-state index contributed by atoms with van der Waals surface area (Å²) in [5, 5.41) is 27.0. The van der Waals surface area contributed by atoms with Crippen LogP contribution in [0, 0.1) is 0 Å². The average molecular weight is 593 g/mol. The Morgan fingerprint density at radius 1 is 0.525 bits per heavy atom. The number of quaternary nitrogens is 1. The van der Waals surface area contributed by atoms with E-state index in [0.29, 0.717) is 6.42 Å². The number of carboxylic acids is 3. The first-order valence-corrected chi connectivity index (χ1v) is 17.3. The summed E-state index contributed by atoms with van der Waals surface area (Å²) < 4.78 is 16.8. The topological polar surface area (TPSA) is 140 Å². The maximum atomic E-state index is 11.0. The van der Waals surface area contributed by atoms with Crippen LogP contribution in [0.2, 0.25) is 6.04 Å². The van der Waals surface area contributed by atoms with Gasteiger partial charge in [0, 0.05) is 12.5 Å². The molecule has 0 aliphatic heterocycles. The van der Waals surface area contributed by atoms with Crippen molar-refractivity contribution >= 4 is 26.7 Å². The number of unbranched alkanes of at least 4 members (excludes halogenated alkanes) is 15. The lowest BCUT2D eigenvalue weighted by molar-refractivity contribution is -0.890. The van der Waals surface area contributed by atoms with E-state index in [2.05, 4.69) is 21.0 Å². The van der Waals surface area contributed by atoms with Gasteiger partial charge in [0.05, 0.1) is 27.2 Å². The zero-order valence-corrected chi connectivity index (χ0v) is 26.5. The third-order valence-electron chi connectivity index (χ3n) is 7.11. The molecule has 0 heterocycles. The molecule has 0 amide bonds. The van der Waals surface area contributed by atoms with Gasteiger partial charge < -0.3 is 33.1 Å². The molecule has 0 unspecified atom stereocenters. The number of nitrogens with zero attached hydrogens (tertiary/aromatic N) is 1. The molecular formula is C29H58NO9Si+. The number of hydrogen-bond acceptors (Lipinski definition) is 6. The van der Waals surface area contributed by atoms with Crippen molar-refractivity contribution in [2.75, 3.05) is 47.0 Å². The predicted octanol–water partition coefficient (Wildman–Crippen LogP) is 5.96. The molecule has 0 saturated carbocycles. The SMILES string of the molecule is CCCCCCCCCCCCCCCCCC[N+](C)(C)CCC[Si](OCC(=O)O)(OCC(=O)O)OCC(=O)O. The van der Waals surface area contributed by atoms with Crippen molar-refractivity contribution in [2.24, 2.45) is 0 Å². The molecule has 0 aliphatic rings. The fourth-order valence-corrected chi connectivity index (χ4v) is 7.08. The Hall–Kier alpha value is -1.53. The van der Waals surface area contributed by atoms with Gasteiger partial charge in [0.15, 0.2) is 0 Å².